The summed E-state index contributed by atoms with van der Waals surface area (Å²) in [6.07, 6.45) is 5.18. The summed E-state index contributed by atoms with van der Waals surface area (Å²) in [6, 6.07) is 0. The summed E-state index contributed by atoms with van der Waals surface area (Å²) >= 11 is 0. The van der Waals surface area contributed by atoms with Gasteiger partial charge in [-0.1, -0.05) is 21.4 Å². The first-order valence-corrected chi connectivity index (χ1v) is 8.53. The minimum Gasteiger partial charge on any atom is -0.456 e. The van der Waals surface area contributed by atoms with Gasteiger partial charge in [0.25, 0.3) is 0 Å². The number of hydrogen-bond acceptors (Lipinski definition) is 4. The van der Waals surface area contributed by atoms with Gasteiger partial charge in [0, 0.05) is 18.4 Å². The first-order valence-electron chi connectivity index (χ1n) is 7.86. The molecule has 23 heavy (non-hydrogen) atoms. The molecule has 0 aromatic carbocycles. The molecule has 0 saturated carbocycles. The molecule has 130 valence electrons. The van der Waals surface area contributed by atoms with E-state index in [9.17, 15) is 14.4 Å². The summed E-state index contributed by atoms with van der Waals surface area (Å²) in [6.45, 7) is 5.92. The van der Waals surface area contributed by atoms with E-state index >= 15 is 0 Å². The summed E-state index contributed by atoms with van der Waals surface area (Å²) < 4.78 is 5.15. The topological polar surface area (TPSA) is 84.5 Å². The summed E-state index contributed by atoms with van der Waals surface area (Å²) in [7, 11) is 2.39. The van der Waals surface area contributed by atoms with E-state index in [0.717, 1.165) is 0 Å². The fraction of sp³-hybridized carbons (Fsp3) is 0.688. The quantitative estimate of drug-likeness (QED) is 0.453. The average molecular weight is 342 g/mol. The van der Waals surface area contributed by atoms with Crippen LogP contribution in [0.15, 0.2) is 12.2 Å². The van der Waals surface area contributed by atoms with Crippen molar-refractivity contribution in [1.29, 1.82) is 0 Å². The van der Waals surface area contributed by atoms with E-state index in [-0.39, 0.29) is 36.3 Å². The summed E-state index contributed by atoms with van der Waals surface area (Å²) in [4.78, 5) is 35.8. The first-order chi connectivity index (χ1) is 10.7. The molecule has 0 bridgehead atoms. The lowest BCUT2D eigenvalue weighted by Crippen LogP contribution is -2.43. The Kier molecular flexibility index (Phi) is 7.69. The normalized spacial score (nSPS) is 25.4. The van der Waals surface area contributed by atoms with Gasteiger partial charge in [-0.3, -0.25) is 14.4 Å². The number of cyclic esters (lactones) is 1. The van der Waals surface area contributed by atoms with Crippen molar-refractivity contribution in [3.63, 3.8) is 0 Å². The van der Waals surface area contributed by atoms with Gasteiger partial charge in [-0.15, -0.1) is 0 Å². The van der Waals surface area contributed by atoms with E-state index in [1.807, 2.05) is 32.9 Å². The van der Waals surface area contributed by atoms with Gasteiger partial charge in [0.2, 0.25) is 11.8 Å². The molecule has 1 rings (SSSR count). The highest BCUT2D eigenvalue weighted by Crippen LogP contribution is 2.14. The van der Waals surface area contributed by atoms with E-state index in [1.54, 1.807) is 0 Å². The van der Waals surface area contributed by atoms with E-state index in [4.69, 9.17) is 4.74 Å². The number of carbonyl (C=O) groups excluding carboxylic acids is 3. The number of nitrogens with one attached hydrogen (secondary N) is 2. The van der Waals surface area contributed by atoms with Crippen molar-refractivity contribution in [2.45, 2.75) is 57.8 Å². The van der Waals surface area contributed by atoms with Gasteiger partial charge in [0.1, 0.15) is 5.85 Å². The molecule has 0 spiro atoms. The zero-order chi connectivity index (χ0) is 17.5. The van der Waals surface area contributed by atoms with Crippen molar-refractivity contribution in [1.82, 2.24) is 10.6 Å². The lowest BCUT2D eigenvalue weighted by Gasteiger charge is -2.23. The fourth-order valence-corrected chi connectivity index (χ4v) is 2.44. The largest absolute Gasteiger partial charge is 0.456 e. The molecule has 2 amide bonds. The third-order valence-corrected chi connectivity index (χ3v) is 3.55. The standard InChI is InChI=1S/C16H27N2O4P/c1-16(2,3)18-12(19)9-11-7-5-4-6-8-13(20)22-14(23)10-17-15(11)21/h4-5,11,14H,6-10,23H2,1-3H3,(H,17,21)(H,18,19)/b5-4+/t11-,14+/m0/s1. The SMILES string of the molecule is CC(C)(C)NC(=O)C[C@@H]1C/C=C/CCC(=O)O[C@H](P)CNC1=O. The van der Waals surface area contributed by atoms with Crippen LogP contribution in [0.4, 0.5) is 0 Å². The van der Waals surface area contributed by atoms with Gasteiger partial charge in [-0.05, 0) is 33.6 Å². The van der Waals surface area contributed by atoms with E-state index in [0.29, 0.717) is 19.3 Å². The summed E-state index contributed by atoms with van der Waals surface area (Å²) in [5.74, 6) is -1.53. The molecular weight excluding hydrogens is 315 g/mol. The minimum atomic E-state index is -0.459. The van der Waals surface area contributed by atoms with Crippen LogP contribution in [-0.4, -0.2) is 35.7 Å². The average Bonchev–Trinajstić information content (AvgIpc) is 2.40. The van der Waals surface area contributed by atoms with E-state index in [2.05, 4.69) is 19.9 Å². The Morgan fingerprint density at radius 2 is 2.09 bits per heavy atom. The van der Waals surface area contributed by atoms with Crippen molar-refractivity contribution >= 4 is 27.0 Å². The number of amides is 2. The first kappa shape index (κ1) is 19.6. The molecule has 6 nitrogen and oxygen atoms in total. The van der Waals surface area contributed by atoms with Gasteiger partial charge in [-0.25, -0.2) is 0 Å². The Bertz CT molecular complexity index is 471. The Hall–Kier alpha value is -1.42. The Balaban J connectivity index is 2.71. The number of esters is 1. The molecule has 0 radical (unpaired) electrons. The molecule has 2 N–H and O–H groups in total. The van der Waals surface area contributed by atoms with E-state index in [1.165, 1.54) is 0 Å². The third kappa shape index (κ3) is 8.70. The van der Waals surface area contributed by atoms with Gasteiger partial charge in [-0.2, -0.15) is 0 Å². The fourth-order valence-electron chi connectivity index (χ4n) is 2.17. The second-order valence-corrected chi connectivity index (χ2v) is 7.46. The molecule has 3 atom stereocenters. The Morgan fingerprint density at radius 3 is 2.74 bits per heavy atom. The second-order valence-electron chi connectivity index (χ2n) is 6.72. The monoisotopic (exact) mass is 342 g/mol. The van der Waals surface area contributed by atoms with Gasteiger partial charge in [0.15, 0.2) is 0 Å². The predicted molar refractivity (Wildman–Crippen MR) is 91.6 cm³/mol. The van der Waals surface area contributed by atoms with Crippen molar-refractivity contribution in [2.75, 3.05) is 6.54 Å². The smallest absolute Gasteiger partial charge is 0.306 e. The summed E-state index contributed by atoms with van der Waals surface area (Å²) in [5, 5.41) is 5.61. The van der Waals surface area contributed by atoms with Crippen LogP contribution in [0, 0.1) is 5.92 Å². The zero-order valence-corrected chi connectivity index (χ0v) is 15.2. The predicted octanol–water partition coefficient (Wildman–Crippen LogP) is 1.51. The summed E-state index contributed by atoms with van der Waals surface area (Å²) in [5.41, 5.74) is -0.325. The maximum Gasteiger partial charge on any atom is 0.306 e. The molecule has 1 heterocycles. The molecule has 1 aliphatic rings. The lowest BCUT2D eigenvalue weighted by molar-refractivity contribution is -0.145. The molecule has 0 aromatic heterocycles. The number of ether oxygens (including phenoxy) is 1. The molecule has 1 unspecified atom stereocenters. The van der Waals surface area contributed by atoms with Crippen molar-refractivity contribution in [3.05, 3.63) is 12.2 Å². The maximum absolute atomic E-state index is 12.3. The van der Waals surface area contributed by atoms with Gasteiger partial charge >= 0.3 is 5.97 Å². The van der Waals surface area contributed by atoms with Crippen LogP contribution in [0.5, 0.6) is 0 Å². The highest BCUT2D eigenvalue weighted by atomic mass is 31.0. The van der Waals surface area contributed by atoms with Gasteiger partial charge < -0.3 is 15.4 Å². The molecule has 0 aliphatic carbocycles. The molecule has 1 aliphatic heterocycles. The lowest BCUT2D eigenvalue weighted by atomic mass is 9.98. The molecule has 0 saturated heterocycles. The number of rotatable bonds is 2. The van der Waals surface area contributed by atoms with Crippen LogP contribution in [-0.2, 0) is 19.1 Å². The number of hydrogen-bond donors (Lipinski definition) is 2. The molecular formula is C16H27N2O4P. The van der Waals surface area contributed by atoms with Crippen LogP contribution in [0.2, 0.25) is 0 Å². The second kappa shape index (κ2) is 9.02. The highest BCUT2D eigenvalue weighted by Gasteiger charge is 2.24. The van der Waals surface area contributed by atoms with Crippen LogP contribution < -0.4 is 10.6 Å². The zero-order valence-electron chi connectivity index (χ0n) is 14.1. The molecule has 0 fully saturated rings. The van der Waals surface area contributed by atoms with Crippen molar-refractivity contribution in [2.24, 2.45) is 5.92 Å². The highest BCUT2D eigenvalue weighted by molar-refractivity contribution is 7.17. The minimum absolute atomic E-state index is 0.134. The van der Waals surface area contributed by atoms with Crippen molar-refractivity contribution < 1.29 is 19.1 Å². The molecule has 7 heteroatoms. The third-order valence-electron chi connectivity index (χ3n) is 3.18. The maximum atomic E-state index is 12.3. The van der Waals surface area contributed by atoms with Crippen LogP contribution in [0.1, 0.15) is 46.5 Å². The van der Waals surface area contributed by atoms with Crippen LogP contribution in [0.3, 0.4) is 0 Å². The number of allylic oxidation sites excluding steroid dienone is 2. The van der Waals surface area contributed by atoms with E-state index < -0.39 is 11.8 Å². The number of carbonyl (C=O) groups is 3. The van der Waals surface area contributed by atoms with Gasteiger partial charge in [0.05, 0.1) is 12.5 Å². The molecule has 0 aromatic rings. The van der Waals surface area contributed by atoms with Crippen LogP contribution in [0.25, 0.3) is 0 Å². The van der Waals surface area contributed by atoms with Crippen LogP contribution >= 0.6 is 9.24 Å². The van der Waals surface area contributed by atoms with Crippen molar-refractivity contribution in [3.8, 4) is 0 Å². The Labute approximate surface area is 140 Å². The Morgan fingerprint density at radius 1 is 1.39 bits per heavy atom.